The molecule has 0 radical (unpaired) electrons. The van der Waals surface area contributed by atoms with Crippen LogP contribution in [0.25, 0.3) is 0 Å². The van der Waals surface area contributed by atoms with Crippen LogP contribution in [0.15, 0.2) is 36.4 Å². The number of amides is 1. The monoisotopic (exact) mass is 552 g/mol. The van der Waals surface area contributed by atoms with Crippen molar-refractivity contribution >= 4 is 6.09 Å². The summed E-state index contributed by atoms with van der Waals surface area (Å²) in [5, 5.41) is 13.4. The number of aliphatic hydroxyl groups excluding tert-OH is 1. The number of benzene rings is 2. The average molecular weight is 553 g/mol. The molecular weight excluding hydrogens is 502 g/mol. The summed E-state index contributed by atoms with van der Waals surface area (Å²) in [5.41, 5.74) is 3.48. The Labute approximate surface area is 234 Å². The number of hydrogen-bond donors (Lipinski definition) is 3. The molecule has 0 unspecified atom stereocenters. The predicted molar refractivity (Wildman–Crippen MR) is 155 cm³/mol. The fourth-order valence-electron chi connectivity index (χ4n) is 3.88. The minimum absolute atomic E-state index is 0.0887. The van der Waals surface area contributed by atoms with Gasteiger partial charge in [0.2, 0.25) is 0 Å². The number of carbonyl (C=O) groups is 1. The summed E-state index contributed by atoms with van der Waals surface area (Å²) in [6, 6.07) is 10.3. The van der Waals surface area contributed by atoms with E-state index in [0.29, 0.717) is 18.2 Å². The number of aryl methyl sites for hydroxylation is 1. The summed E-state index contributed by atoms with van der Waals surface area (Å²) >= 11 is 0. The highest BCUT2D eigenvalue weighted by atomic mass is 19.1. The second kappa shape index (κ2) is 19.4. The van der Waals surface area contributed by atoms with Gasteiger partial charge in [-0.3, -0.25) is 0 Å². The predicted octanol–water partition coefficient (Wildman–Crippen LogP) is 7.12. The van der Waals surface area contributed by atoms with E-state index in [1.54, 1.807) is 6.92 Å². The molecule has 1 aliphatic heterocycles. The lowest BCUT2D eigenvalue weighted by Gasteiger charge is -2.28. The van der Waals surface area contributed by atoms with Gasteiger partial charge in [-0.2, -0.15) is 0 Å². The number of halogens is 2. The number of fused-ring (bicyclic) bond motifs is 1. The van der Waals surface area contributed by atoms with Crippen molar-refractivity contribution in [3.8, 4) is 5.75 Å². The molecule has 0 aromatic heterocycles. The lowest BCUT2D eigenvalue weighted by atomic mass is 9.86. The molecule has 222 valence electrons. The van der Waals surface area contributed by atoms with Crippen LogP contribution in [0.2, 0.25) is 0 Å². The summed E-state index contributed by atoms with van der Waals surface area (Å²) < 4.78 is 35.3. The zero-order valence-electron chi connectivity index (χ0n) is 25.3. The van der Waals surface area contributed by atoms with E-state index in [4.69, 9.17) is 14.6 Å². The molecule has 6 nitrogen and oxygen atoms in total. The summed E-state index contributed by atoms with van der Waals surface area (Å²) in [7, 11) is 1.00. The van der Waals surface area contributed by atoms with Crippen molar-refractivity contribution in [2.75, 3.05) is 26.8 Å². The van der Waals surface area contributed by atoms with Crippen LogP contribution in [0, 0.1) is 24.0 Å². The summed E-state index contributed by atoms with van der Waals surface area (Å²) in [6.07, 6.45) is 2.45. The average Bonchev–Trinajstić information content (AvgIpc) is 2.84. The quantitative estimate of drug-likeness (QED) is 0.319. The van der Waals surface area contributed by atoms with Crippen LogP contribution in [-0.4, -0.2) is 44.1 Å². The zero-order chi connectivity index (χ0) is 30.0. The number of rotatable bonds is 7. The van der Waals surface area contributed by atoms with Gasteiger partial charge < -0.3 is 25.2 Å². The van der Waals surface area contributed by atoms with Gasteiger partial charge in [-0.05, 0) is 74.9 Å². The summed E-state index contributed by atoms with van der Waals surface area (Å²) in [4.78, 5) is 11.5. The van der Waals surface area contributed by atoms with Gasteiger partial charge >= 0.3 is 6.09 Å². The van der Waals surface area contributed by atoms with E-state index in [1.165, 1.54) is 23.3 Å². The van der Waals surface area contributed by atoms with Crippen LogP contribution in [0.4, 0.5) is 13.6 Å². The molecule has 3 rings (SSSR count). The van der Waals surface area contributed by atoms with Crippen LogP contribution >= 0.6 is 0 Å². The Kier molecular flexibility index (Phi) is 18.0. The molecule has 2 aromatic carbocycles. The molecule has 1 amide bonds. The van der Waals surface area contributed by atoms with Crippen molar-refractivity contribution < 1.29 is 28.2 Å². The highest BCUT2D eigenvalue weighted by Crippen LogP contribution is 2.34. The minimum Gasteiger partial charge on any atom is -0.493 e. The number of hydrogen-bond acceptors (Lipinski definition) is 5. The third-order valence-corrected chi connectivity index (χ3v) is 5.21. The minimum atomic E-state index is -0.521. The largest absolute Gasteiger partial charge is 0.493 e. The van der Waals surface area contributed by atoms with Crippen LogP contribution in [0.1, 0.15) is 84.0 Å². The van der Waals surface area contributed by atoms with E-state index < -0.39 is 11.6 Å². The van der Waals surface area contributed by atoms with E-state index in [2.05, 4.69) is 49.6 Å². The Balaban J connectivity index is 0.000000924. The highest BCUT2D eigenvalue weighted by molar-refractivity contribution is 5.67. The van der Waals surface area contributed by atoms with Gasteiger partial charge in [-0.25, -0.2) is 13.6 Å². The lowest BCUT2D eigenvalue weighted by Crippen LogP contribution is -2.32. The summed E-state index contributed by atoms with van der Waals surface area (Å²) in [6.45, 7) is 18.3. The van der Waals surface area contributed by atoms with Crippen LogP contribution in [0.5, 0.6) is 5.75 Å². The van der Waals surface area contributed by atoms with E-state index in [0.717, 1.165) is 51.3 Å². The first-order chi connectivity index (χ1) is 18.4. The van der Waals surface area contributed by atoms with Gasteiger partial charge in [0, 0.05) is 37.7 Å². The molecule has 1 heterocycles. The Hall–Kier alpha value is -2.71. The molecule has 1 atom stereocenters. The van der Waals surface area contributed by atoms with Crippen molar-refractivity contribution in [2.45, 2.75) is 86.8 Å². The first kappa shape index (κ1) is 36.3. The maximum atomic E-state index is 12.2. The Bertz CT molecular complexity index is 912. The molecule has 3 N–H and O–H groups in total. The first-order valence-corrected chi connectivity index (χ1v) is 13.7. The highest BCUT2D eigenvalue weighted by Gasteiger charge is 2.22. The fourth-order valence-corrected chi connectivity index (χ4v) is 3.88. The molecule has 0 saturated heterocycles. The van der Waals surface area contributed by atoms with E-state index in [-0.39, 0.29) is 17.6 Å². The molecule has 0 bridgehead atoms. The topological polar surface area (TPSA) is 79.8 Å². The second-order valence-electron chi connectivity index (χ2n) is 10.4. The van der Waals surface area contributed by atoms with Crippen LogP contribution in [0.3, 0.4) is 0 Å². The van der Waals surface area contributed by atoms with Gasteiger partial charge in [0.15, 0.2) is 0 Å². The Morgan fingerprint density at radius 3 is 2.23 bits per heavy atom. The van der Waals surface area contributed by atoms with Gasteiger partial charge in [-0.15, -0.1) is 0 Å². The molecule has 0 spiro atoms. The zero-order valence-corrected chi connectivity index (χ0v) is 25.3. The Morgan fingerprint density at radius 2 is 1.69 bits per heavy atom. The third kappa shape index (κ3) is 16.1. The van der Waals surface area contributed by atoms with E-state index in [1.807, 2.05) is 27.7 Å². The van der Waals surface area contributed by atoms with Crippen molar-refractivity contribution in [3.05, 3.63) is 64.7 Å². The molecule has 1 aliphatic rings. The summed E-state index contributed by atoms with van der Waals surface area (Å²) in [5.74, 6) is -0.0509. The number of alkyl carbamates (subject to hydrolysis) is 1. The first-order valence-electron chi connectivity index (χ1n) is 13.7. The molecule has 0 saturated carbocycles. The number of aliphatic hydroxyl groups is 1. The second-order valence-corrected chi connectivity index (χ2v) is 10.4. The van der Waals surface area contributed by atoms with Crippen molar-refractivity contribution in [1.82, 2.24) is 10.6 Å². The van der Waals surface area contributed by atoms with Gasteiger partial charge in [0.25, 0.3) is 0 Å². The van der Waals surface area contributed by atoms with Gasteiger partial charge in [0.05, 0.1) is 12.7 Å². The molecule has 0 aliphatic carbocycles. The number of ether oxygens (including phenoxy) is 2. The SMILES string of the molecule is CC.CC(C)OC(=O)NCCCN[C@H]1CCOc2ccc(CC(C)(C)C)cc21.CO.Cc1cc(F)cc(F)c1. The smallest absolute Gasteiger partial charge is 0.407 e. The molecule has 8 heteroatoms. The normalized spacial score (nSPS) is 13.7. The standard InChI is InChI=1S/C21H34N2O3.C7H6F2.C2H6.CH4O/c1-15(2)26-20(24)23-11-6-10-22-18-9-12-25-19-8-7-16(13-17(18)19)14-21(3,4)5;1-5-2-6(8)4-7(9)3-5;2*1-2/h7-8,13,15,18,22H,6,9-12,14H2,1-5H3,(H,23,24);2-4H,1H3;1-2H3;2H,1H3/t18-;;;/m0.../s1. The molecule has 0 fully saturated rings. The van der Waals surface area contributed by atoms with Crippen molar-refractivity contribution in [3.63, 3.8) is 0 Å². The van der Waals surface area contributed by atoms with Crippen LogP contribution in [-0.2, 0) is 11.2 Å². The number of nitrogens with one attached hydrogen (secondary N) is 2. The van der Waals surface area contributed by atoms with Gasteiger partial charge in [-0.1, -0.05) is 46.8 Å². The fraction of sp³-hybridized carbons (Fsp3) is 0.581. The third-order valence-electron chi connectivity index (χ3n) is 5.21. The molecular formula is C31H50F2N2O4. The molecule has 39 heavy (non-hydrogen) atoms. The Morgan fingerprint density at radius 1 is 1.08 bits per heavy atom. The van der Waals surface area contributed by atoms with Crippen molar-refractivity contribution in [2.24, 2.45) is 5.41 Å². The van der Waals surface area contributed by atoms with Crippen molar-refractivity contribution in [1.29, 1.82) is 0 Å². The van der Waals surface area contributed by atoms with E-state index in [9.17, 15) is 13.6 Å². The number of carbonyl (C=O) groups excluding carboxylic acids is 1. The molecule has 2 aromatic rings. The van der Waals surface area contributed by atoms with E-state index >= 15 is 0 Å². The van der Waals surface area contributed by atoms with Gasteiger partial charge in [0.1, 0.15) is 17.4 Å². The lowest BCUT2D eigenvalue weighted by molar-refractivity contribution is 0.115. The maximum Gasteiger partial charge on any atom is 0.407 e. The maximum absolute atomic E-state index is 12.2. The van der Waals surface area contributed by atoms with Crippen LogP contribution < -0.4 is 15.4 Å².